The number of pyridine rings is 1. The van der Waals surface area contributed by atoms with Gasteiger partial charge in [-0.25, -0.2) is 4.79 Å². The highest BCUT2D eigenvalue weighted by atomic mass is 35.5. The van der Waals surface area contributed by atoms with Crippen molar-refractivity contribution in [2.24, 2.45) is 0 Å². The molecule has 3 rings (SSSR count). The predicted octanol–water partition coefficient (Wildman–Crippen LogP) is 5.03. The van der Waals surface area contributed by atoms with E-state index in [1.54, 1.807) is 37.3 Å². The molecular formula is C20H20ClNO4Si. The van der Waals surface area contributed by atoms with Crippen LogP contribution in [0.2, 0.25) is 24.7 Å². The Balaban J connectivity index is 2.34. The van der Waals surface area contributed by atoms with Gasteiger partial charge in [0.1, 0.15) is 11.5 Å². The zero-order valence-corrected chi connectivity index (χ0v) is 17.4. The van der Waals surface area contributed by atoms with Crippen LogP contribution in [0.1, 0.15) is 6.92 Å². The summed E-state index contributed by atoms with van der Waals surface area (Å²) in [6.07, 6.45) is 0. The third kappa shape index (κ3) is 3.91. The van der Waals surface area contributed by atoms with E-state index in [0.29, 0.717) is 32.6 Å². The lowest BCUT2D eigenvalue weighted by molar-refractivity contribution is -0.130. The number of esters is 1. The number of fused-ring (bicyclic) bond motifs is 2. The summed E-state index contributed by atoms with van der Waals surface area (Å²) in [5, 5.41) is 1.31. The number of halogens is 1. The predicted molar refractivity (Wildman–Crippen MR) is 112 cm³/mol. The minimum absolute atomic E-state index is 0.188. The topological polar surface area (TPSA) is 68.4 Å². The summed E-state index contributed by atoms with van der Waals surface area (Å²) in [5.41, 5.74) is 1.10. The van der Waals surface area contributed by atoms with Crippen molar-refractivity contribution < 1.29 is 14.0 Å². The summed E-state index contributed by atoms with van der Waals surface area (Å²) in [7, 11) is -2.04. The van der Waals surface area contributed by atoms with Crippen LogP contribution < -0.4 is 14.6 Å². The van der Waals surface area contributed by atoms with Crippen LogP contribution in [0, 0.1) is 0 Å². The van der Waals surface area contributed by atoms with Gasteiger partial charge in [-0.2, -0.15) is 0 Å². The Labute approximate surface area is 162 Å². The van der Waals surface area contributed by atoms with Crippen molar-refractivity contribution in [3.05, 3.63) is 57.7 Å². The fourth-order valence-electron chi connectivity index (χ4n) is 2.70. The van der Waals surface area contributed by atoms with Crippen LogP contribution in [0.15, 0.2) is 47.3 Å². The molecule has 0 radical (unpaired) electrons. The van der Waals surface area contributed by atoms with Gasteiger partial charge in [0.2, 0.25) is 13.7 Å². The lowest BCUT2D eigenvalue weighted by atomic mass is 10.1. The monoisotopic (exact) mass is 401 g/mol. The van der Waals surface area contributed by atoms with Crippen molar-refractivity contribution in [1.29, 1.82) is 0 Å². The second-order valence-electron chi connectivity index (χ2n) is 7.34. The molecule has 7 heteroatoms. The first kappa shape index (κ1) is 19.2. The van der Waals surface area contributed by atoms with Gasteiger partial charge in [-0.1, -0.05) is 24.2 Å². The van der Waals surface area contributed by atoms with E-state index >= 15 is 0 Å². The van der Waals surface area contributed by atoms with E-state index in [9.17, 15) is 9.59 Å². The number of aromatic nitrogens is 1. The first-order valence-corrected chi connectivity index (χ1v) is 12.2. The minimum atomic E-state index is -2.04. The number of aromatic amines is 1. The van der Waals surface area contributed by atoms with Gasteiger partial charge in [-0.3, -0.25) is 4.79 Å². The second kappa shape index (κ2) is 6.87. The van der Waals surface area contributed by atoms with Gasteiger partial charge >= 0.3 is 5.97 Å². The molecule has 0 atom stereocenters. The molecule has 0 amide bonds. The number of carbonyl (C=O) groups excluding carboxylic acids is 1. The Kier molecular flexibility index (Phi) is 4.88. The van der Waals surface area contributed by atoms with Crippen LogP contribution in [-0.2, 0) is 4.79 Å². The zero-order chi connectivity index (χ0) is 19.9. The second-order valence-corrected chi connectivity index (χ2v) is 12.2. The Morgan fingerprint density at radius 1 is 1.22 bits per heavy atom. The number of para-hydroxylation sites is 1. The molecule has 2 aromatic carbocycles. The van der Waals surface area contributed by atoms with E-state index < -0.39 is 14.3 Å². The summed E-state index contributed by atoms with van der Waals surface area (Å²) in [6.45, 7) is 11.2. The molecule has 0 spiro atoms. The van der Waals surface area contributed by atoms with Gasteiger partial charge in [-0.05, 0) is 38.7 Å². The Morgan fingerprint density at radius 2 is 1.93 bits per heavy atom. The third-order valence-electron chi connectivity index (χ3n) is 3.80. The highest BCUT2D eigenvalue weighted by molar-refractivity contribution is 6.70. The lowest BCUT2D eigenvalue weighted by Gasteiger charge is -2.21. The van der Waals surface area contributed by atoms with Gasteiger partial charge in [0.15, 0.2) is 0 Å². The summed E-state index contributed by atoms with van der Waals surface area (Å²) < 4.78 is 11.5. The van der Waals surface area contributed by atoms with Crippen LogP contribution in [-0.4, -0.2) is 19.3 Å². The van der Waals surface area contributed by atoms with Crippen molar-refractivity contribution in [3.8, 4) is 11.5 Å². The molecule has 0 saturated carbocycles. The van der Waals surface area contributed by atoms with Gasteiger partial charge < -0.3 is 14.1 Å². The van der Waals surface area contributed by atoms with Crippen LogP contribution in [0.3, 0.4) is 0 Å². The van der Waals surface area contributed by atoms with Crippen LogP contribution >= 0.6 is 11.6 Å². The molecule has 0 aliphatic carbocycles. The summed E-state index contributed by atoms with van der Waals surface area (Å²) in [6, 6.07) is 8.32. The van der Waals surface area contributed by atoms with Gasteiger partial charge in [0.05, 0.1) is 21.4 Å². The van der Waals surface area contributed by atoms with E-state index in [-0.39, 0.29) is 16.8 Å². The number of ether oxygens (including phenoxy) is 1. The summed E-state index contributed by atoms with van der Waals surface area (Å²) >= 11 is 6.25. The average Bonchev–Trinajstić information content (AvgIpc) is 2.54. The molecule has 0 aliphatic rings. The van der Waals surface area contributed by atoms with Crippen molar-refractivity contribution in [2.75, 3.05) is 0 Å². The highest BCUT2D eigenvalue weighted by Crippen LogP contribution is 2.33. The first-order chi connectivity index (χ1) is 12.6. The van der Waals surface area contributed by atoms with Gasteiger partial charge in [-0.15, -0.1) is 0 Å². The maximum absolute atomic E-state index is 13.1. The summed E-state index contributed by atoms with van der Waals surface area (Å²) in [5.74, 6) is 0.111. The van der Waals surface area contributed by atoms with E-state index in [1.807, 2.05) is 19.6 Å². The molecule has 1 aromatic heterocycles. The minimum Gasteiger partial charge on any atom is -0.544 e. The Bertz CT molecular complexity index is 1140. The fraction of sp³-hybridized carbons (Fsp3) is 0.200. The highest BCUT2D eigenvalue weighted by Gasteiger charge is 2.22. The van der Waals surface area contributed by atoms with E-state index in [2.05, 4.69) is 11.6 Å². The molecule has 1 heterocycles. The van der Waals surface area contributed by atoms with Crippen LogP contribution in [0.5, 0.6) is 11.5 Å². The van der Waals surface area contributed by atoms with Crippen molar-refractivity contribution >= 4 is 47.7 Å². The zero-order valence-electron chi connectivity index (χ0n) is 15.6. The van der Waals surface area contributed by atoms with Crippen LogP contribution in [0.25, 0.3) is 21.8 Å². The van der Waals surface area contributed by atoms with E-state index in [0.717, 1.165) is 0 Å². The Hall–Kier alpha value is -2.57. The standard InChI is InChI=1S/C20H20ClNO4Si/c1-11(2)20(24)25-12-9-15-17(16(10-12)26-27(3,4)5)19(23)13-7-6-8-14(21)18(13)22-15/h6-10H,1H2,2-5H3,(H,22,23). The van der Waals surface area contributed by atoms with E-state index in [1.165, 1.54) is 0 Å². The van der Waals surface area contributed by atoms with Crippen molar-refractivity contribution in [2.45, 2.75) is 26.6 Å². The quantitative estimate of drug-likeness (QED) is 0.219. The maximum Gasteiger partial charge on any atom is 0.338 e. The Morgan fingerprint density at radius 3 is 2.56 bits per heavy atom. The smallest absolute Gasteiger partial charge is 0.338 e. The number of benzene rings is 2. The molecule has 0 bridgehead atoms. The summed E-state index contributed by atoms with van der Waals surface area (Å²) in [4.78, 5) is 28.2. The van der Waals surface area contributed by atoms with Crippen LogP contribution in [0.4, 0.5) is 0 Å². The normalized spacial score (nSPS) is 11.6. The molecular weight excluding hydrogens is 382 g/mol. The number of hydrogen-bond donors (Lipinski definition) is 1. The van der Waals surface area contributed by atoms with E-state index in [4.69, 9.17) is 20.8 Å². The molecule has 5 nitrogen and oxygen atoms in total. The maximum atomic E-state index is 13.1. The van der Waals surface area contributed by atoms with Gasteiger partial charge in [0.25, 0.3) is 0 Å². The molecule has 1 N–H and O–H groups in total. The molecule has 27 heavy (non-hydrogen) atoms. The molecule has 0 unspecified atom stereocenters. The molecule has 140 valence electrons. The number of rotatable bonds is 4. The molecule has 0 fully saturated rings. The third-order valence-corrected chi connectivity index (χ3v) is 4.94. The van der Waals surface area contributed by atoms with Gasteiger partial charge in [0, 0.05) is 23.1 Å². The number of nitrogens with one attached hydrogen (secondary N) is 1. The molecule has 0 aliphatic heterocycles. The average molecular weight is 402 g/mol. The lowest BCUT2D eigenvalue weighted by Crippen LogP contribution is -2.30. The fourth-order valence-corrected chi connectivity index (χ4v) is 3.74. The largest absolute Gasteiger partial charge is 0.544 e. The first-order valence-electron chi connectivity index (χ1n) is 8.42. The molecule has 3 aromatic rings. The SMILES string of the molecule is C=C(C)C(=O)Oc1cc(O[Si](C)(C)C)c2c(=O)c3cccc(Cl)c3[nH]c2c1. The molecule has 0 saturated heterocycles. The number of H-pyrrole nitrogens is 1. The number of hydrogen-bond acceptors (Lipinski definition) is 4. The number of carbonyl (C=O) groups is 1. The van der Waals surface area contributed by atoms with Crippen molar-refractivity contribution in [1.82, 2.24) is 4.98 Å². The van der Waals surface area contributed by atoms with Crippen molar-refractivity contribution in [3.63, 3.8) is 0 Å².